The van der Waals surface area contributed by atoms with Crippen LogP contribution in [-0.4, -0.2) is 63.6 Å². The number of nitrogens with two attached hydrogens (primary N) is 2. The molecule has 162 valence electrons. The molecule has 0 saturated carbocycles. The quantitative estimate of drug-likeness (QED) is 0.654. The minimum atomic E-state index is -0.444. The fourth-order valence-electron chi connectivity index (χ4n) is 3.67. The van der Waals surface area contributed by atoms with Gasteiger partial charge in [-0.05, 0) is 49.7 Å². The van der Waals surface area contributed by atoms with Gasteiger partial charge >= 0.3 is 11.7 Å². The summed E-state index contributed by atoms with van der Waals surface area (Å²) in [6.45, 7) is 3.94. The topological polar surface area (TPSA) is 123 Å². The number of piperidine rings is 1. The highest BCUT2D eigenvalue weighted by Gasteiger charge is 2.27. The van der Waals surface area contributed by atoms with Crippen LogP contribution in [0.2, 0.25) is 0 Å². The highest BCUT2D eigenvalue weighted by atomic mass is 35.5. The molecule has 30 heavy (non-hydrogen) atoms. The highest BCUT2D eigenvalue weighted by molar-refractivity contribution is 5.88. The molecule has 0 atom stereocenters. The zero-order chi connectivity index (χ0) is 20.4. The van der Waals surface area contributed by atoms with Crippen LogP contribution >= 0.6 is 12.4 Å². The molecule has 1 aromatic heterocycles. The Hall–Kier alpha value is -2.46. The van der Waals surface area contributed by atoms with Crippen LogP contribution in [0.5, 0.6) is 0 Å². The summed E-state index contributed by atoms with van der Waals surface area (Å²) in [6.07, 6.45) is 3.69. The minimum Gasteiger partial charge on any atom is -0.328 e. The third-order valence-corrected chi connectivity index (χ3v) is 5.49. The highest BCUT2D eigenvalue weighted by Crippen LogP contribution is 2.15. The molecule has 4 rings (SSSR count). The van der Waals surface area contributed by atoms with Gasteiger partial charge in [0.05, 0.1) is 5.69 Å². The lowest BCUT2D eigenvalue weighted by Gasteiger charge is -2.36. The van der Waals surface area contributed by atoms with Crippen LogP contribution in [0.15, 0.2) is 41.3 Å². The van der Waals surface area contributed by atoms with Crippen molar-refractivity contribution in [3.63, 3.8) is 0 Å². The van der Waals surface area contributed by atoms with Gasteiger partial charge in [0.25, 0.3) is 0 Å². The lowest BCUT2D eigenvalue weighted by molar-refractivity contribution is 0.165. The second-order valence-corrected chi connectivity index (χ2v) is 7.84. The SMILES string of the molecule is Cl.NC1CCN(Cc2ccc(-n3ccc(NC(=O)N4CC(N)C4)nc3=O)cc2)CC1. The Balaban J connectivity index is 0.00000256. The van der Waals surface area contributed by atoms with E-state index in [1.54, 1.807) is 17.2 Å². The largest absolute Gasteiger partial charge is 0.354 e. The molecule has 5 N–H and O–H groups in total. The van der Waals surface area contributed by atoms with Crippen LogP contribution in [0.1, 0.15) is 18.4 Å². The number of urea groups is 1. The van der Waals surface area contributed by atoms with E-state index in [2.05, 4.69) is 15.2 Å². The average molecular weight is 434 g/mol. The van der Waals surface area contributed by atoms with E-state index >= 15 is 0 Å². The Morgan fingerprint density at radius 3 is 2.33 bits per heavy atom. The Bertz CT molecular complexity index is 919. The molecule has 0 aliphatic carbocycles. The Morgan fingerprint density at radius 2 is 1.73 bits per heavy atom. The number of amides is 2. The second kappa shape index (κ2) is 9.57. The molecule has 0 radical (unpaired) electrons. The van der Waals surface area contributed by atoms with Gasteiger partial charge in [0.2, 0.25) is 0 Å². The third-order valence-electron chi connectivity index (χ3n) is 5.49. The van der Waals surface area contributed by atoms with Gasteiger partial charge in [-0.1, -0.05) is 12.1 Å². The molecule has 3 heterocycles. The fraction of sp³-hybridized carbons (Fsp3) is 0.450. The van der Waals surface area contributed by atoms with Crippen molar-refractivity contribution in [1.82, 2.24) is 19.4 Å². The van der Waals surface area contributed by atoms with Crippen molar-refractivity contribution in [2.45, 2.75) is 31.5 Å². The van der Waals surface area contributed by atoms with Crippen LogP contribution in [-0.2, 0) is 6.54 Å². The monoisotopic (exact) mass is 433 g/mol. The molecule has 0 unspecified atom stereocenters. The van der Waals surface area contributed by atoms with Crippen molar-refractivity contribution in [2.24, 2.45) is 11.5 Å². The maximum Gasteiger partial charge on any atom is 0.354 e. The molecule has 2 aliphatic rings. The smallest absolute Gasteiger partial charge is 0.328 e. The summed E-state index contributed by atoms with van der Waals surface area (Å²) >= 11 is 0. The molecule has 2 fully saturated rings. The van der Waals surface area contributed by atoms with Crippen LogP contribution in [0.3, 0.4) is 0 Å². The van der Waals surface area contributed by atoms with E-state index in [4.69, 9.17) is 11.5 Å². The number of carbonyl (C=O) groups is 1. The van der Waals surface area contributed by atoms with Crippen molar-refractivity contribution in [1.29, 1.82) is 0 Å². The lowest BCUT2D eigenvalue weighted by atomic mass is 10.1. The van der Waals surface area contributed by atoms with Crippen molar-refractivity contribution in [3.8, 4) is 5.69 Å². The molecule has 2 amide bonds. The number of nitrogens with one attached hydrogen (secondary N) is 1. The number of likely N-dealkylation sites (tertiary alicyclic amines) is 2. The number of aromatic nitrogens is 2. The number of hydrogen-bond donors (Lipinski definition) is 3. The standard InChI is InChI=1S/C20H27N7O2.ClH/c21-15-5-8-25(9-6-15)11-14-1-3-17(4-2-14)27-10-7-18(24-20(27)29)23-19(28)26-12-16(22)13-26;/h1-4,7,10,15-16H,5-6,8-9,11-13,21-22H2,(H,23,24,28,29);1H. The van der Waals surface area contributed by atoms with Gasteiger partial charge in [-0.15, -0.1) is 12.4 Å². The first kappa shape index (κ1) is 22.2. The van der Waals surface area contributed by atoms with E-state index in [1.807, 2.05) is 24.3 Å². The van der Waals surface area contributed by atoms with Gasteiger partial charge < -0.3 is 16.4 Å². The Morgan fingerprint density at radius 1 is 1.07 bits per heavy atom. The number of halogens is 1. The first-order valence-corrected chi connectivity index (χ1v) is 9.96. The van der Waals surface area contributed by atoms with Crippen molar-refractivity contribution >= 4 is 24.3 Å². The van der Waals surface area contributed by atoms with Gasteiger partial charge in [0.15, 0.2) is 0 Å². The van der Waals surface area contributed by atoms with Gasteiger partial charge in [-0.2, -0.15) is 4.98 Å². The summed E-state index contributed by atoms with van der Waals surface area (Å²) in [4.78, 5) is 32.4. The van der Waals surface area contributed by atoms with E-state index < -0.39 is 5.69 Å². The van der Waals surface area contributed by atoms with Crippen LogP contribution in [0, 0.1) is 0 Å². The van der Waals surface area contributed by atoms with E-state index in [-0.39, 0.29) is 30.3 Å². The van der Waals surface area contributed by atoms with Gasteiger partial charge in [-0.3, -0.25) is 14.8 Å². The third kappa shape index (κ3) is 5.17. The lowest BCUT2D eigenvalue weighted by Crippen LogP contribution is -2.59. The summed E-state index contributed by atoms with van der Waals surface area (Å²) in [5, 5.41) is 2.63. The summed E-state index contributed by atoms with van der Waals surface area (Å²) in [7, 11) is 0. The van der Waals surface area contributed by atoms with Crippen molar-refractivity contribution in [3.05, 3.63) is 52.6 Å². The number of carbonyl (C=O) groups excluding carboxylic acids is 1. The van der Waals surface area contributed by atoms with Gasteiger partial charge in [0, 0.05) is 37.9 Å². The number of anilines is 1. The predicted molar refractivity (Wildman–Crippen MR) is 118 cm³/mol. The summed E-state index contributed by atoms with van der Waals surface area (Å²) in [5.74, 6) is 0.233. The first-order chi connectivity index (χ1) is 14.0. The maximum absolute atomic E-state index is 12.4. The first-order valence-electron chi connectivity index (χ1n) is 9.96. The van der Waals surface area contributed by atoms with E-state index in [0.29, 0.717) is 19.1 Å². The molecule has 2 aliphatic heterocycles. The number of hydrogen-bond acceptors (Lipinski definition) is 6. The number of rotatable bonds is 4. The predicted octanol–water partition coefficient (Wildman–Crippen LogP) is 0.752. The van der Waals surface area contributed by atoms with Crippen LogP contribution in [0.4, 0.5) is 10.6 Å². The normalized spacial score (nSPS) is 17.9. The molecular weight excluding hydrogens is 406 g/mol. The summed E-state index contributed by atoms with van der Waals surface area (Å²) < 4.78 is 1.46. The summed E-state index contributed by atoms with van der Waals surface area (Å²) in [6, 6.07) is 9.55. The number of nitrogens with zero attached hydrogens (tertiary/aromatic N) is 4. The fourth-order valence-corrected chi connectivity index (χ4v) is 3.67. The zero-order valence-electron chi connectivity index (χ0n) is 16.7. The molecule has 0 bridgehead atoms. The molecule has 1 aromatic carbocycles. The van der Waals surface area contributed by atoms with Crippen molar-refractivity contribution in [2.75, 3.05) is 31.5 Å². The molecule has 10 heteroatoms. The van der Waals surface area contributed by atoms with E-state index in [9.17, 15) is 9.59 Å². The Kier molecular flexibility index (Phi) is 7.09. The number of benzene rings is 1. The molecule has 2 saturated heterocycles. The zero-order valence-corrected chi connectivity index (χ0v) is 17.6. The van der Waals surface area contributed by atoms with Crippen LogP contribution in [0.25, 0.3) is 5.69 Å². The maximum atomic E-state index is 12.4. The minimum absolute atomic E-state index is 0. The van der Waals surface area contributed by atoms with E-state index in [1.165, 1.54) is 10.1 Å². The van der Waals surface area contributed by atoms with Gasteiger partial charge in [-0.25, -0.2) is 9.59 Å². The molecule has 9 nitrogen and oxygen atoms in total. The molecule has 2 aromatic rings. The second-order valence-electron chi connectivity index (χ2n) is 7.84. The van der Waals surface area contributed by atoms with E-state index in [0.717, 1.165) is 38.2 Å². The Labute approximate surface area is 181 Å². The molecule has 0 spiro atoms. The van der Waals surface area contributed by atoms with Crippen LogP contribution < -0.4 is 22.5 Å². The van der Waals surface area contributed by atoms with Gasteiger partial charge in [0.1, 0.15) is 5.82 Å². The average Bonchev–Trinajstić information content (AvgIpc) is 2.68. The molecular formula is C20H28ClN7O2. The van der Waals surface area contributed by atoms with Crippen molar-refractivity contribution < 1.29 is 4.79 Å². The summed E-state index contributed by atoms with van der Waals surface area (Å²) in [5.41, 5.74) is 13.1.